The molecule has 0 radical (unpaired) electrons. The standard InChI is InChI=1S/C11H15N3OS/c1-8(2)6-13(3)10-9(7-15)14-4-5-16-11(14)12-10/h4-5,7-8H,6H2,1-3H3. The van der Waals surface area contributed by atoms with Gasteiger partial charge in [-0.1, -0.05) is 13.8 Å². The van der Waals surface area contributed by atoms with Gasteiger partial charge in [0.05, 0.1) is 0 Å². The van der Waals surface area contributed by atoms with E-state index in [4.69, 9.17) is 0 Å². The van der Waals surface area contributed by atoms with E-state index in [1.54, 1.807) is 11.3 Å². The largest absolute Gasteiger partial charge is 0.357 e. The second-order valence-corrected chi connectivity index (χ2v) is 5.14. The monoisotopic (exact) mass is 237 g/mol. The summed E-state index contributed by atoms with van der Waals surface area (Å²) in [7, 11) is 1.97. The summed E-state index contributed by atoms with van der Waals surface area (Å²) in [5.41, 5.74) is 0.638. The van der Waals surface area contributed by atoms with E-state index in [9.17, 15) is 4.79 Å². The first-order chi connectivity index (χ1) is 7.63. The molecule has 2 rings (SSSR count). The van der Waals surface area contributed by atoms with Crippen LogP contribution in [0.15, 0.2) is 11.6 Å². The first-order valence-electron chi connectivity index (χ1n) is 5.25. The molecule has 0 unspecified atom stereocenters. The van der Waals surface area contributed by atoms with Gasteiger partial charge < -0.3 is 4.90 Å². The lowest BCUT2D eigenvalue weighted by Crippen LogP contribution is -2.23. The molecule has 0 N–H and O–H groups in total. The van der Waals surface area contributed by atoms with Crippen LogP contribution in [0.5, 0.6) is 0 Å². The summed E-state index contributed by atoms with van der Waals surface area (Å²) >= 11 is 1.54. The Morgan fingerprint density at radius 3 is 3.00 bits per heavy atom. The van der Waals surface area contributed by atoms with Crippen molar-refractivity contribution in [1.29, 1.82) is 0 Å². The molecule has 2 heterocycles. The fraction of sp³-hybridized carbons (Fsp3) is 0.455. The van der Waals surface area contributed by atoms with Crippen LogP contribution in [0.2, 0.25) is 0 Å². The molecule has 0 atom stereocenters. The van der Waals surface area contributed by atoms with E-state index in [0.717, 1.165) is 23.6 Å². The lowest BCUT2D eigenvalue weighted by molar-refractivity contribution is 0.111. The maximum Gasteiger partial charge on any atom is 0.196 e. The van der Waals surface area contributed by atoms with E-state index in [-0.39, 0.29) is 0 Å². The number of imidazole rings is 1. The number of thiazole rings is 1. The molecule has 0 spiro atoms. The van der Waals surface area contributed by atoms with Gasteiger partial charge in [-0.25, -0.2) is 4.98 Å². The molecular weight excluding hydrogens is 222 g/mol. The average Bonchev–Trinajstić information content (AvgIpc) is 2.74. The normalized spacial score (nSPS) is 11.2. The molecule has 2 aromatic rings. The Morgan fingerprint density at radius 2 is 2.38 bits per heavy atom. The number of rotatable bonds is 4. The Hall–Kier alpha value is -1.36. The second kappa shape index (κ2) is 4.25. The molecule has 86 valence electrons. The van der Waals surface area contributed by atoms with Crippen molar-refractivity contribution in [2.45, 2.75) is 13.8 Å². The quantitative estimate of drug-likeness (QED) is 0.766. The van der Waals surface area contributed by atoms with E-state index in [1.165, 1.54) is 0 Å². The number of aromatic nitrogens is 2. The van der Waals surface area contributed by atoms with Crippen LogP contribution in [0, 0.1) is 5.92 Å². The number of nitrogens with zero attached hydrogens (tertiary/aromatic N) is 3. The highest BCUT2D eigenvalue weighted by atomic mass is 32.1. The van der Waals surface area contributed by atoms with Crippen LogP contribution in [0.4, 0.5) is 5.82 Å². The molecule has 2 aromatic heterocycles. The summed E-state index contributed by atoms with van der Waals surface area (Å²) in [4.78, 5) is 18.5. The minimum absolute atomic E-state index is 0.546. The topological polar surface area (TPSA) is 37.6 Å². The van der Waals surface area contributed by atoms with Gasteiger partial charge in [0.2, 0.25) is 0 Å². The molecule has 0 fully saturated rings. The number of carbonyl (C=O) groups is 1. The van der Waals surface area contributed by atoms with Crippen molar-refractivity contribution in [3.8, 4) is 0 Å². The van der Waals surface area contributed by atoms with Crippen molar-refractivity contribution in [3.63, 3.8) is 0 Å². The number of fused-ring (bicyclic) bond motifs is 1. The van der Waals surface area contributed by atoms with Crippen LogP contribution in [-0.4, -0.2) is 29.3 Å². The van der Waals surface area contributed by atoms with Crippen molar-refractivity contribution < 1.29 is 4.79 Å². The molecule has 4 nitrogen and oxygen atoms in total. The van der Waals surface area contributed by atoms with Crippen LogP contribution < -0.4 is 4.90 Å². The van der Waals surface area contributed by atoms with E-state index < -0.39 is 0 Å². The van der Waals surface area contributed by atoms with Gasteiger partial charge in [-0.05, 0) is 5.92 Å². The number of carbonyl (C=O) groups excluding carboxylic acids is 1. The fourth-order valence-electron chi connectivity index (χ4n) is 1.82. The number of hydrogen-bond acceptors (Lipinski definition) is 4. The molecule has 0 amide bonds. The van der Waals surface area contributed by atoms with Crippen molar-refractivity contribution >= 4 is 28.4 Å². The van der Waals surface area contributed by atoms with Gasteiger partial charge in [0.25, 0.3) is 0 Å². The minimum atomic E-state index is 0.546. The van der Waals surface area contributed by atoms with Crippen LogP contribution in [0.1, 0.15) is 24.3 Å². The molecule has 0 saturated carbocycles. The van der Waals surface area contributed by atoms with Crippen molar-refractivity contribution in [2.24, 2.45) is 5.92 Å². The zero-order valence-corrected chi connectivity index (χ0v) is 10.5. The third-order valence-electron chi connectivity index (χ3n) is 2.39. The molecule has 0 aromatic carbocycles. The maximum atomic E-state index is 11.1. The Morgan fingerprint density at radius 1 is 1.62 bits per heavy atom. The Bertz CT molecular complexity index is 500. The third-order valence-corrected chi connectivity index (χ3v) is 3.15. The summed E-state index contributed by atoms with van der Waals surface area (Å²) in [6, 6.07) is 0. The van der Waals surface area contributed by atoms with Crippen molar-refractivity contribution in [3.05, 3.63) is 17.3 Å². The number of aldehydes is 1. The average molecular weight is 237 g/mol. The Balaban J connectivity index is 2.42. The lowest BCUT2D eigenvalue weighted by Gasteiger charge is -2.19. The van der Waals surface area contributed by atoms with Gasteiger partial charge in [0, 0.05) is 25.2 Å². The third kappa shape index (κ3) is 1.82. The summed E-state index contributed by atoms with van der Waals surface area (Å²) in [6.07, 6.45) is 2.75. The predicted octanol–water partition coefficient (Wildman–Crippen LogP) is 2.30. The zero-order chi connectivity index (χ0) is 11.7. The molecule has 0 saturated heterocycles. The lowest BCUT2D eigenvalue weighted by atomic mass is 10.2. The van der Waals surface area contributed by atoms with E-state index in [2.05, 4.69) is 18.8 Å². The molecule has 0 aliphatic rings. The molecule has 0 bridgehead atoms. The molecule has 16 heavy (non-hydrogen) atoms. The number of hydrogen-bond donors (Lipinski definition) is 0. The summed E-state index contributed by atoms with van der Waals surface area (Å²) in [5, 5.41) is 1.93. The van der Waals surface area contributed by atoms with Crippen LogP contribution in [0.3, 0.4) is 0 Å². The van der Waals surface area contributed by atoms with E-state index in [1.807, 2.05) is 27.9 Å². The minimum Gasteiger partial charge on any atom is -0.357 e. The van der Waals surface area contributed by atoms with Crippen LogP contribution in [-0.2, 0) is 0 Å². The van der Waals surface area contributed by atoms with E-state index in [0.29, 0.717) is 11.6 Å². The predicted molar refractivity (Wildman–Crippen MR) is 66.6 cm³/mol. The Labute approximate surface area is 98.5 Å². The van der Waals surface area contributed by atoms with Crippen molar-refractivity contribution in [1.82, 2.24) is 9.38 Å². The Kier molecular flexibility index (Phi) is 2.96. The van der Waals surface area contributed by atoms with Gasteiger partial charge >= 0.3 is 0 Å². The van der Waals surface area contributed by atoms with Crippen molar-refractivity contribution in [2.75, 3.05) is 18.5 Å². The molecule has 0 aliphatic heterocycles. The first-order valence-corrected chi connectivity index (χ1v) is 6.13. The van der Waals surface area contributed by atoms with Gasteiger partial charge in [-0.3, -0.25) is 9.20 Å². The highest BCUT2D eigenvalue weighted by molar-refractivity contribution is 7.15. The number of anilines is 1. The SMILES string of the molecule is CC(C)CN(C)c1nc2sccn2c1C=O. The summed E-state index contributed by atoms with van der Waals surface area (Å²) < 4.78 is 1.84. The molecular formula is C11H15N3OS. The maximum absolute atomic E-state index is 11.1. The second-order valence-electron chi connectivity index (χ2n) is 4.27. The van der Waals surface area contributed by atoms with Crippen LogP contribution >= 0.6 is 11.3 Å². The highest BCUT2D eigenvalue weighted by Gasteiger charge is 2.16. The fourth-order valence-corrected chi connectivity index (χ4v) is 2.53. The van der Waals surface area contributed by atoms with Crippen LogP contribution in [0.25, 0.3) is 4.96 Å². The van der Waals surface area contributed by atoms with Gasteiger partial charge in [0.1, 0.15) is 5.69 Å². The zero-order valence-electron chi connectivity index (χ0n) is 9.67. The van der Waals surface area contributed by atoms with Gasteiger partial charge in [-0.15, -0.1) is 11.3 Å². The smallest absolute Gasteiger partial charge is 0.196 e. The molecule has 5 heteroatoms. The molecule has 0 aliphatic carbocycles. The summed E-state index contributed by atoms with van der Waals surface area (Å²) in [6.45, 7) is 5.19. The van der Waals surface area contributed by atoms with Gasteiger partial charge in [-0.2, -0.15) is 0 Å². The highest BCUT2D eigenvalue weighted by Crippen LogP contribution is 2.22. The first kappa shape index (κ1) is 11.1. The van der Waals surface area contributed by atoms with E-state index >= 15 is 0 Å². The van der Waals surface area contributed by atoms with Gasteiger partial charge in [0.15, 0.2) is 17.1 Å². The summed E-state index contributed by atoms with van der Waals surface area (Å²) in [5.74, 6) is 1.32.